The van der Waals surface area contributed by atoms with Crippen molar-refractivity contribution < 1.29 is 4.79 Å². The fourth-order valence-electron chi connectivity index (χ4n) is 3.54. The number of hydrogen-bond acceptors (Lipinski definition) is 2. The van der Waals surface area contributed by atoms with Crippen molar-refractivity contribution in [2.24, 2.45) is 11.8 Å². The van der Waals surface area contributed by atoms with E-state index in [4.69, 9.17) is 0 Å². The Morgan fingerprint density at radius 3 is 2.65 bits per heavy atom. The highest BCUT2D eigenvalue weighted by atomic mass is 16.2. The maximum atomic E-state index is 12.0. The van der Waals surface area contributed by atoms with Gasteiger partial charge in [-0.25, -0.2) is 0 Å². The Balaban J connectivity index is 1.73. The minimum absolute atomic E-state index is 0.234. The molecular weight excluding hydrogens is 212 g/mol. The molecule has 2 bridgehead atoms. The van der Waals surface area contributed by atoms with Gasteiger partial charge in [-0.05, 0) is 50.6 Å². The van der Waals surface area contributed by atoms with Crippen LogP contribution in [0.2, 0.25) is 0 Å². The highest BCUT2D eigenvalue weighted by Gasteiger charge is 2.40. The van der Waals surface area contributed by atoms with Crippen LogP contribution in [0.5, 0.6) is 0 Å². The van der Waals surface area contributed by atoms with Gasteiger partial charge >= 0.3 is 0 Å². The van der Waals surface area contributed by atoms with Crippen molar-refractivity contribution in [2.45, 2.75) is 52.0 Å². The SMILES string of the molecule is CCCN(CC)CC(=O)NC1CC2CCC1C2. The summed E-state index contributed by atoms with van der Waals surface area (Å²) in [5.74, 6) is 1.92. The van der Waals surface area contributed by atoms with Crippen molar-refractivity contribution in [1.29, 1.82) is 0 Å². The molecule has 2 aliphatic carbocycles. The molecule has 3 heteroatoms. The molecule has 2 fully saturated rings. The molecule has 0 aromatic carbocycles. The molecule has 0 aromatic heterocycles. The van der Waals surface area contributed by atoms with Crippen LogP contribution in [0.25, 0.3) is 0 Å². The lowest BCUT2D eigenvalue weighted by atomic mass is 9.95. The van der Waals surface area contributed by atoms with Crippen molar-refractivity contribution in [3.63, 3.8) is 0 Å². The van der Waals surface area contributed by atoms with E-state index in [1.165, 1.54) is 25.7 Å². The summed E-state index contributed by atoms with van der Waals surface area (Å²) in [6.07, 6.45) is 6.44. The summed E-state index contributed by atoms with van der Waals surface area (Å²) in [6.45, 7) is 6.87. The van der Waals surface area contributed by atoms with Crippen molar-refractivity contribution in [3.05, 3.63) is 0 Å². The van der Waals surface area contributed by atoms with Gasteiger partial charge in [-0.2, -0.15) is 0 Å². The summed E-state index contributed by atoms with van der Waals surface area (Å²) < 4.78 is 0. The van der Waals surface area contributed by atoms with Crippen LogP contribution in [-0.2, 0) is 4.79 Å². The van der Waals surface area contributed by atoms with Crippen molar-refractivity contribution in [2.75, 3.05) is 19.6 Å². The number of likely N-dealkylation sites (N-methyl/N-ethyl adjacent to an activating group) is 1. The van der Waals surface area contributed by atoms with Crippen LogP contribution < -0.4 is 5.32 Å². The summed E-state index contributed by atoms with van der Waals surface area (Å²) in [6, 6.07) is 0.488. The minimum Gasteiger partial charge on any atom is -0.352 e. The lowest BCUT2D eigenvalue weighted by Gasteiger charge is -2.25. The summed E-state index contributed by atoms with van der Waals surface area (Å²) in [7, 11) is 0. The fraction of sp³-hybridized carbons (Fsp3) is 0.929. The second kappa shape index (κ2) is 5.85. The molecule has 1 amide bonds. The summed E-state index contributed by atoms with van der Waals surface area (Å²) in [5.41, 5.74) is 0. The molecule has 0 saturated heterocycles. The molecule has 2 aliphatic rings. The molecule has 0 radical (unpaired) electrons. The second-order valence-electron chi connectivity index (χ2n) is 5.72. The molecule has 0 spiro atoms. The number of fused-ring (bicyclic) bond motifs is 2. The molecule has 3 atom stereocenters. The van der Waals surface area contributed by atoms with E-state index in [1.807, 2.05) is 0 Å². The Hall–Kier alpha value is -0.570. The van der Waals surface area contributed by atoms with Gasteiger partial charge in [0, 0.05) is 6.04 Å². The van der Waals surface area contributed by atoms with Crippen molar-refractivity contribution in [3.8, 4) is 0 Å². The van der Waals surface area contributed by atoms with Gasteiger partial charge in [-0.15, -0.1) is 0 Å². The first-order valence-electron chi connectivity index (χ1n) is 7.24. The minimum atomic E-state index is 0.234. The smallest absolute Gasteiger partial charge is 0.234 e. The molecule has 0 aliphatic heterocycles. The first-order valence-corrected chi connectivity index (χ1v) is 7.24. The first kappa shape index (κ1) is 12.9. The van der Waals surface area contributed by atoms with Gasteiger partial charge in [-0.1, -0.05) is 20.3 Å². The number of rotatable bonds is 6. The van der Waals surface area contributed by atoms with E-state index in [-0.39, 0.29) is 5.91 Å². The average molecular weight is 238 g/mol. The van der Waals surface area contributed by atoms with Gasteiger partial charge in [0.25, 0.3) is 0 Å². The van der Waals surface area contributed by atoms with Gasteiger partial charge in [0.1, 0.15) is 0 Å². The maximum Gasteiger partial charge on any atom is 0.234 e. The van der Waals surface area contributed by atoms with E-state index in [0.717, 1.165) is 31.3 Å². The second-order valence-corrected chi connectivity index (χ2v) is 5.72. The zero-order valence-corrected chi connectivity index (χ0v) is 11.2. The number of nitrogens with zero attached hydrogens (tertiary/aromatic N) is 1. The molecule has 1 N–H and O–H groups in total. The third kappa shape index (κ3) is 3.21. The predicted molar refractivity (Wildman–Crippen MR) is 69.8 cm³/mol. The molecule has 0 heterocycles. The van der Waals surface area contributed by atoms with E-state index in [0.29, 0.717) is 12.6 Å². The lowest BCUT2D eigenvalue weighted by Crippen LogP contribution is -2.44. The van der Waals surface area contributed by atoms with E-state index in [2.05, 4.69) is 24.1 Å². The number of hydrogen-bond donors (Lipinski definition) is 1. The fourth-order valence-corrected chi connectivity index (χ4v) is 3.54. The zero-order valence-electron chi connectivity index (χ0n) is 11.2. The highest BCUT2D eigenvalue weighted by Crippen LogP contribution is 2.44. The van der Waals surface area contributed by atoms with E-state index >= 15 is 0 Å². The van der Waals surface area contributed by atoms with Gasteiger partial charge in [0.15, 0.2) is 0 Å². The lowest BCUT2D eigenvalue weighted by molar-refractivity contribution is -0.123. The molecule has 98 valence electrons. The molecular formula is C14H26N2O. The number of carbonyl (C=O) groups excluding carboxylic acids is 1. The third-order valence-electron chi connectivity index (χ3n) is 4.44. The molecule has 2 saturated carbocycles. The average Bonchev–Trinajstić information content (AvgIpc) is 2.90. The Labute approximate surface area is 105 Å². The number of nitrogens with one attached hydrogen (secondary N) is 1. The quantitative estimate of drug-likeness (QED) is 0.768. The van der Waals surface area contributed by atoms with Crippen LogP contribution in [0.1, 0.15) is 46.0 Å². The Bertz CT molecular complexity index is 267. The summed E-state index contributed by atoms with van der Waals surface area (Å²) >= 11 is 0. The van der Waals surface area contributed by atoms with Crippen LogP contribution in [0.15, 0.2) is 0 Å². The Morgan fingerprint density at radius 1 is 1.29 bits per heavy atom. The van der Waals surface area contributed by atoms with Crippen molar-refractivity contribution in [1.82, 2.24) is 10.2 Å². The molecule has 3 nitrogen and oxygen atoms in total. The van der Waals surface area contributed by atoms with E-state index in [1.54, 1.807) is 0 Å². The summed E-state index contributed by atoms with van der Waals surface area (Å²) in [5, 5.41) is 3.25. The van der Waals surface area contributed by atoms with E-state index < -0.39 is 0 Å². The predicted octanol–water partition coefficient (Wildman–Crippen LogP) is 2.02. The highest BCUT2D eigenvalue weighted by molar-refractivity contribution is 5.78. The number of carbonyl (C=O) groups is 1. The van der Waals surface area contributed by atoms with Crippen molar-refractivity contribution >= 4 is 5.91 Å². The van der Waals surface area contributed by atoms with Crippen LogP contribution in [0.4, 0.5) is 0 Å². The maximum absolute atomic E-state index is 12.0. The number of amides is 1. The van der Waals surface area contributed by atoms with Gasteiger partial charge in [0.05, 0.1) is 6.54 Å². The normalized spacial score (nSPS) is 31.1. The molecule has 17 heavy (non-hydrogen) atoms. The standard InChI is InChI=1S/C14H26N2O/c1-3-7-16(4-2)10-14(17)15-13-9-11-5-6-12(13)8-11/h11-13H,3-10H2,1-2H3,(H,15,17). The van der Waals surface area contributed by atoms with Crippen LogP contribution in [0.3, 0.4) is 0 Å². The first-order chi connectivity index (χ1) is 8.22. The topological polar surface area (TPSA) is 32.3 Å². The molecule has 2 rings (SSSR count). The van der Waals surface area contributed by atoms with Gasteiger partial charge in [-0.3, -0.25) is 9.69 Å². The monoisotopic (exact) mass is 238 g/mol. The largest absolute Gasteiger partial charge is 0.352 e. The van der Waals surface area contributed by atoms with Crippen LogP contribution in [-0.4, -0.2) is 36.5 Å². The van der Waals surface area contributed by atoms with Crippen LogP contribution in [0, 0.1) is 11.8 Å². The third-order valence-corrected chi connectivity index (χ3v) is 4.44. The molecule has 3 unspecified atom stereocenters. The zero-order chi connectivity index (χ0) is 12.3. The Morgan fingerprint density at radius 2 is 2.12 bits per heavy atom. The van der Waals surface area contributed by atoms with Gasteiger partial charge < -0.3 is 5.32 Å². The summed E-state index contributed by atoms with van der Waals surface area (Å²) in [4.78, 5) is 14.2. The van der Waals surface area contributed by atoms with E-state index in [9.17, 15) is 4.79 Å². The van der Waals surface area contributed by atoms with Crippen LogP contribution >= 0.6 is 0 Å². The molecule has 0 aromatic rings. The van der Waals surface area contributed by atoms with Gasteiger partial charge in [0.2, 0.25) is 5.91 Å². The Kier molecular flexibility index (Phi) is 4.43.